The summed E-state index contributed by atoms with van der Waals surface area (Å²) in [6, 6.07) is 4.32. The fourth-order valence-corrected chi connectivity index (χ4v) is 5.19. The van der Waals surface area contributed by atoms with Crippen molar-refractivity contribution in [2.24, 2.45) is 17.8 Å². The van der Waals surface area contributed by atoms with Gasteiger partial charge >= 0.3 is 0 Å². The van der Waals surface area contributed by atoms with Crippen LogP contribution in [0.3, 0.4) is 0 Å². The Balaban J connectivity index is 1.30. The summed E-state index contributed by atoms with van der Waals surface area (Å²) in [6.45, 7) is 6.34. The molecule has 146 valence electrons. The molecule has 1 amide bonds. The first-order valence-corrected chi connectivity index (χ1v) is 11.0. The van der Waals surface area contributed by atoms with E-state index in [9.17, 15) is 4.79 Å². The molecule has 1 aliphatic carbocycles. The van der Waals surface area contributed by atoms with Crippen LogP contribution in [0.25, 0.3) is 5.13 Å². The number of hydrogen-bond acceptors (Lipinski definition) is 5. The fourth-order valence-electron chi connectivity index (χ4n) is 4.32. The van der Waals surface area contributed by atoms with Gasteiger partial charge in [0.15, 0.2) is 0 Å². The van der Waals surface area contributed by atoms with E-state index >= 15 is 0 Å². The highest BCUT2D eigenvalue weighted by molar-refractivity contribution is 7.17. The number of rotatable bonds is 4. The quantitative estimate of drug-likeness (QED) is 0.872. The lowest BCUT2D eigenvalue weighted by Crippen LogP contribution is -2.48. The van der Waals surface area contributed by atoms with Gasteiger partial charge in [-0.2, -0.15) is 0 Å². The van der Waals surface area contributed by atoms with Crippen LogP contribution < -0.4 is 10.2 Å². The van der Waals surface area contributed by atoms with Crippen LogP contribution in [0.4, 0.5) is 5.13 Å². The summed E-state index contributed by atoms with van der Waals surface area (Å²) in [7, 11) is 0. The molecule has 1 N–H and O–H groups in total. The Morgan fingerprint density at radius 1 is 1.07 bits per heavy atom. The Morgan fingerprint density at radius 3 is 2.52 bits per heavy atom. The van der Waals surface area contributed by atoms with Gasteiger partial charge in [0.1, 0.15) is 0 Å². The molecule has 1 saturated carbocycles. The maximum atomic E-state index is 12.8. The first-order chi connectivity index (χ1) is 13.1. The van der Waals surface area contributed by atoms with Crippen LogP contribution >= 0.6 is 11.3 Å². The molecule has 2 aliphatic rings. The van der Waals surface area contributed by atoms with Gasteiger partial charge in [0.2, 0.25) is 16.2 Å². The van der Waals surface area contributed by atoms with Crippen molar-refractivity contribution in [1.82, 2.24) is 20.1 Å². The van der Waals surface area contributed by atoms with E-state index in [1.807, 2.05) is 29.1 Å². The molecule has 1 saturated heterocycles. The van der Waals surface area contributed by atoms with Gasteiger partial charge in [-0.25, -0.2) is 0 Å². The van der Waals surface area contributed by atoms with Crippen molar-refractivity contribution in [2.75, 3.05) is 18.0 Å². The van der Waals surface area contributed by atoms with E-state index in [2.05, 4.69) is 34.3 Å². The molecule has 0 aromatic carbocycles. The lowest BCUT2D eigenvalue weighted by atomic mass is 9.78. The number of nitrogens with zero attached hydrogens (tertiary/aromatic N) is 4. The molecule has 0 spiro atoms. The highest BCUT2D eigenvalue weighted by atomic mass is 32.1. The predicted octanol–water partition coefficient (Wildman–Crippen LogP) is 3.49. The first-order valence-electron chi connectivity index (χ1n) is 10.1. The van der Waals surface area contributed by atoms with Crippen LogP contribution in [0, 0.1) is 17.8 Å². The van der Waals surface area contributed by atoms with Gasteiger partial charge in [-0.3, -0.25) is 9.36 Å². The second-order valence-corrected chi connectivity index (χ2v) is 9.04. The van der Waals surface area contributed by atoms with E-state index in [0.29, 0.717) is 17.9 Å². The summed E-state index contributed by atoms with van der Waals surface area (Å²) in [4.78, 5) is 15.0. The van der Waals surface area contributed by atoms with E-state index in [1.54, 1.807) is 11.3 Å². The molecule has 1 aliphatic heterocycles. The van der Waals surface area contributed by atoms with Crippen LogP contribution in [-0.2, 0) is 4.79 Å². The molecule has 7 heteroatoms. The average molecular weight is 388 g/mol. The summed E-state index contributed by atoms with van der Waals surface area (Å²) >= 11 is 1.60. The topological polar surface area (TPSA) is 63.1 Å². The highest BCUT2D eigenvalue weighted by Crippen LogP contribution is 2.31. The molecular formula is C20H29N5OS. The molecular weight excluding hydrogens is 358 g/mol. The lowest BCUT2D eigenvalue weighted by Gasteiger charge is -2.36. The Morgan fingerprint density at radius 2 is 1.78 bits per heavy atom. The smallest absolute Gasteiger partial charge is 0.223 e. The van der Waals surface area contributed by atoms with Crippen molar-refractivity contribution in [1.29, 1.82) is 0 Å². The van der Waals surface area contributed by atoms with Crippen LogP contribution in [0.15, 0.2) is 24.5 Å². The van der Waals surface area contributed by atoms with Crippen molar-refractivity contribution in [3.8, 4) is 5.13 Å². The normalized spacial score (nSPS) is 26.9. The Labute approximate surface area is 165 Å². The van der Waals surface area contributed by atoms with E-state index < -0.39 is 0 Å². The summed E-state index contributed by atoms with van der Waals surface area (Å²) in [5.74, 6) is 1.67. The predicted molar refractivity (Wildman–Crippen MR) is 108 cm³/mol. The van der Waals surface area contributed by atoms with Crippen molar-refractivity contribution in [3.05, 3.63) is 24.5 Å². The maximum absolute atomic E-state index is 12.8. The summed E-state index contributed by atoms with van der Waals surface area (Å²) < 4.78 is 1.98. The molecule has 4 rings (SSSR count). The number of aromatic nitrogens is 3. The fraction of sp³-hybridized carbons (Fsp3) is 0.650. The molecule has 0 radical (unpaired) electrons. The molecule has 2 aromatic rings. The van der Waals surface area contributed by atoms with Gasteiger partial charge in [0.25, 0.3) is 0 Å². The third-order valence-electron chi connectivity index (χ3n) is 6.40. The molecule has 2 fully saturated rings. The zero-order valence-electron chi connectivity index (χ0n) is 16.2. The molecule has 3 heterocycles. The summed E-state index contributed by atoms with van der Waals surface area (Å²) in [6.07, 6.45) is 9.39. The second-order valence-electron chi connectivity index (χ2n) is 8.10. The van der Waals surface area contributed by atoms with Crippen LogP contribution in [0.2, 0.25) is 0 Å². The van der Waals surface area contributed by atoms with Gasteiger partial charge in [-0.15, -0.1) is 10.2 Å². The molecule has 3 unspecified atom stereocenters. The van der Waals surface area contributed by atoms with Crippen LogP contribution in [0.1, 0.15) is 46.0 Å². The zero-order chi connectivity index (χ0) is 18.8. The zero-order valence-corrected chi connectivity index (χ0v) is 17.0. The highest BCUT2D eigenvalue weighted by Gasteiger charge is 2.32. The summed E-state index contributed by atoms with van der Waals surface area (Å²) in [5.41, 5.74) is 0. The maximum Gasteiger partial charge on any atom is 0.223 e. The van der Waals surface area contributed by atoms with Crippen molar-refractivity contribution in [2.45, 2.75) is 52.0 Å². The first kappa shape index (κ1) is 18.5. The SMILES string of the molecule is CC1CCCC(NC(=O)C2CCN(c3nnc(-n4cccc4)s3)CC2)C1C. The average Bonchev–Trinajstić information content (AvgIpc) is 3.37. The van der Waals surface area contributed by atoms with E-state index in [1.165, 1.54) is 12.8 Å². The van der Waals surface area contributed by atoms with Gasteiger partial charge in [0.05, 0.1) is 0 Å². The number of anilines is 1. The minimum atomic E-state index is 0.127. The number of amides is 1. The third-order valence-corrected chi connectivity index (χ3v) is 7.40. The van der Waals surface area contributed by atoms with E-state index in [4.69, 9.17) is 0 Å². The monoisotopic (exact) mass is 387 g/mol. The van der Waals surface area contributed by atoms with Gasteiger partial charge in [-0.05, 0) is 43.2 Å². The van der Waals surface area contributed by atoms with Crippen molar-refractivity contribution >= 4 is 22.4 Å². The third kappa shape index (κ3) is 4.03. The van der Waals surface area contributed by atoms with Gasteiger partial charge in [-0.1, -0.05) is 38.0 Å². The minimum absolute atomic E-state index is 0.127. The van der Waals surface area contributed by atoms with Crippen LogP contribution in [0.5, 0.6) is 0 Å². The molecule has 27 heavy (non-hydrogen) atoms. The molecule has 6 nitrogen and oxygen atoms in total. The standard InChI is InChI=1S/C20H29N5OS/c1-14-6-5-7-17(15(14)2)21-18(26)16-8-12-25(13-9-16)20-23-22-19(27-20)24-10-3-4-11-24/h3-4,10-11,14-17H,5-9,12-13H2,1-2H3,(H,21,26). The number of hydrogen-bond donors (Lipinski definition) is 1. The van der Waals surface area contributed by atoms with Crippen molar-refractivity contribution < 1.29 is 4.79 Å². The van der Waals surface area contributed by atoms with E-state index in [-0.39, 0.29) is 11.8 Å². The van der Waals surface area contributed by atoms with Gasteiger partial charge in [0, 0.05) is 37.4 Å². The molecule has 2 aromatic heterocycles. The molecule has 0 bridgehead atoms. The summed E-state index contributed by atoms with van der Waals surface area (Å²) in [5, 5.41) is 13.8. The molecule has 3 atom stereocenters. The Bertz CT molecular complexity index is 750. The Hall–Kier alpha value is -1.89. The number of carbonyl (C=O) groups is 1. The van der Waals surface area contributed by atoms with E-state index in [0.717, 1.165) is 42.6 Å². The second kappa shape index (κ2) is 8.00. The Kier molecular flexibility index (Phi) is 5.48. The largest absolute Gasteiger partial charge is 0.353 e. The van der Waals surface area contributed by atoms with Gasteiger partial charge < -0.3 is 10.2 Å². The van der Waals surface area contributed by atoms with Crippen molar-refractivity contribution in [3.63, 3.8) is 0 Å². The number of carbonyl (C=O) groups excluding carboxylic acids is 1. The minimum Gasteiger partial charge on any atom is -0.353 e. The number of nitrogens with one attached hydrogen (secondary N) is 1. The number of piperidine rings is 1. The lowest BCUT2D eigenvalue weighted by molar-refractivity contribution is -0.127. The van der Waals surface area contributed by atoms with Crippen LogP contribution in [-0.4, -0.2) is 39.8 Å².